The number of hydrogen-bond donors (Lipinski definition) is 1. The fraction of sp³-hybridized carbons (Fsp3) is 0.667. The largest absolute Gasteiger partial charge is 0.496 e. The Balaban J connectivity index is 2.08. The lowest BCUT2D eigenvalue weighted by molar-refractivity contribution is 0.154. The first-order chi connectivity index (χ1) is 10.2. The zero-order valence-electron chi connectivity index (χ0n) is 13.8. The molecule has 0 aromatic heterocycles. The van der Waals surface area contributed by atoms with Crippen LogP contribution >= 0.6 is 0 Å². The van der Waals surface area contributed by atoms with Crippen molar-refractivity contribution in [2.75, 3.05) is 20.2 Å². The quantitative estimate of drug-likeness (QED) is 0.869. The molecule has 0 amide bonds. The van der Waals surface area contributed by atoms with Gasteiger partial charge in [0, 0.05) is 24.2 Å². The third kappa shape index (κ3) is 4.21. The maximum Gasteiger partial charge on any atom is 0.123 e. The van der Waals surface area contributed by atoms with E-state index in [2.05, 4.69) is 30.9 Å². The maximum absolute atomic E-state index is 6.50. The molecule has 21 heavy (non-hydrogen) atoms. The summed E-state index contributed by atoms with van der Waals surface area (Å²) in [6.45, 7) is 6.34. The maximum atomic E-state index is 6.50. The Hall–Kier alpha value is -1.06. The first-order valence-corrected chi connectivity index (χ1v) is 8.29. The van der Waals surface area contributed by atoms with E-state index in [1.807, 2.05) is 6.07 Å². The summed E-state index contributed by atoms with van der Waals surface area (Å²) in [5.74, 6) is 0.910. The number of ether oxygens (including phenoxy) is 1. The lowest BCUT2D eigenvalue weighted by atomic mass is 9.93. The van der Waals surface area contributed by atoms with Gasteiger partial charge in [0.15, 0.2) is 0 Å². The van der Waals surface area contributed by atoms with E-state index in [0.29, 0.717) is 6.04 Å². The molecule has 1 aromatic rings. The number of nitrogens with zero attached hydrogens (tertiary/aromatic N) is 1. The molecule has 1 saturated carbocycles. The second-order valence-corrected chi connectivity index (χ2v) is 6.23. The van der Waals surface area contributed by atoms with Gasteiger partial charge in [-0.1, -0.05) is 43.9 Å². The summed E-state index contributed by atoms with van der Waals surface area (Å²) in [6.07, 6.45) is 6.77. The lowest BCUT2D eigenvalue weighted by Crippen LogP contribution is -2.41. The third-order valence-corrected chi connectivity index (χ3v) is 4.71. The van der Waals surface area contributed by atoms with Crippen LogP contribution in [0.3, 0.4) is 0 Å². The lowest BCUT2D eigenvalue weighted by Gasteiger charge is -2.35. The molecule has 1 aliphatic rings. The van der Waals surface area contributed by atoms with Crippen molar-refractivity contribution in [3.63, 3.8) is 0 Å². The summed E-state index contributed by atoms with van der Waals surface area (Å²) in [4.78, 5) is 2.56. The fourth-order valence-corrected chi connectivity index (χ4v) is 3.48. The van der Waals surface area contributed by atoms with Crippen LogP contribution in [0.2, 0.25) is 0 Å². The smallest absolute Gasteiger partial charge is 0.123 e. The van der Waals surface area contributed by atoms with Crippen LogP contribution in [-0.4, -0.2) is 31.1 Å². The molecule has 1 aliphatic carbocycles. The second-order valence-electron chi connectivity index (χ2n) is 6.23. The van der Waals surface area contributed by atoms with E-state index in [9.17, 15) is 0 Å². The van der Waals surface area contributed by atoms with Crippen LogP contribution in [0.25, 0.3) is 0 Å². The summed E-state index contributed by atoms with van der Waals surface area (Å²) in [5.41, 5.74) is 8.87. The average molecular weight is 290 g/mol. The molecule has 1 fully saturated rings. The van der Waals surface area contributed by atoms with Crippen molar-refractivity contribution >= 4 is 0 Å². The molecule has 0 aliphatic heterocycles. The normalized spacial score (nSPS) is 18.0. The van der Waals surface area contributed by atoms with Crippen LogP contribution in [-0.2, 0) is 0 Å². The van der Waals surface area contributed by atoms with Crippen molar-refractivity contribution in [1.82, 2.24) is 4.90 Å². The zero-order valence-corrected chi connectivity index (χ0v) is 13.8. The standard InChI is InChI=1S/C18H30N2O/c1-4-20(15-8-6-5-7-9-15)13-17(19)16-12-14(2)10-11-18(16)21-3/h10-12,15,17H,4-9,13,19H2,1-3H3. The molecule has 1 atom stereocenters. The van der Waals surface area contributed by atoms with Crippen LogP contribution in [0.5, 0.6) is 5.75 Å². The summed E-state index contributed by atoms with van der Waals surface area (Å²) in [7, 11) is 1.72. The van der Waals surface area contributed by atoms with Crippen molar-refractivity contribution < 1.29 is 4.74 Å². The highest BCUT2D eigenvalue weighted by Crippen LogP contribution is 2.28. The van der Waals surface area contributed by atoms with Gasteiger partial charge in [0.05, 0.1) is 7.11 Å². The summed E-state index contributed by atoms with van der Waals surface area (Å²) in [6, 6.07) is 7.00. The van der Waals surface area contributed by atoms with Crippen LogP contribution in [0.4, 0.5) is 0 Å². The van der Waals surface area contributed by atoms with Crippen LogP contribution in [0, 0.1) is 6.92 Å². The van der Waals surface area contributed by atoms with Gasteiger partial charge >= 0.3 is 0 Å². The first kappa shape index (κ1) is 16.3. The van der Waals surface area contributed by atoms with Crippen molar-refractivity contribution in [1.29, 1.82) is 0 Å². The van der Waals surface area contributed by atoms with Crippen molar-refractivity contribution in [2.45, 2.75) is 58.0 Å². The van der Waals surface area contributed by atoms with Crippen molar-refractivity contribution in [3.8, 4) is 5.75 Å². The van der Waals surface area contributed by atoms with Crippen LogP contribution in [0.1, 0.15) is 56.2 Å². The van der Waals surface area contributed by atoms with Gasteiger partial charge in [-0.2, -0.15) is 0 Å². The molecule has 3 heteroatoms. The van der Waals surface area contributed by atoms with Gasteiger partial charge < -0.3 is 10.5 Å². The van der Waals surface area contributed by atoms with Crippen molar-refractivity contribution in [3.05, 3.63) is 29.3 Å². The Kier molecular flexibility index (Phi) is 6.07. The third-order valence-electron chi connectivity index (χ3n) is 4.71. The van der Waals surface area contributed by atoms with Crippen LogP contribution < -0.4 is 10.5 Å². The number of likely N-dealkylation sites (N-methyl/N-ethyl adjacent to an activating group) is 1. The Labute approximate surface area is 129 Å². The summed E-state index contributed by atoms with van der Waals surface area (Å²) >= 11 is 0. The molecule has 1 unspecified atom stereocenters. The SMILES string of the molecule is CCN(CC(N)c1cc(C)ccc1OC)C1CCCCC1. The highest BCUT2D eigenvalue weighted by molar-refractivity contribution is 5.39. The number of benzene rings is 1. The Morgan fingerprint density at radius 2 is 2.00 bits per heavy atom. The number of hydrogen-bond acceptors (Lipinski definition) is 3. The minimum absolute atomic E-state index is 0.0155. The second kappa shape index (κ2) is 7.81. The van der Waals surface area contributed by atoms with E-state index >= 15 is 0 Å². The van der Waals surface area contributed by atoms with E-state index in [1.165, 1.54) is 37.7 Å². The van der Waals surface area contributed by atoms with E-state index in [0.717, 1.165) is 24.4 Å². The topological polar surface area (TPSA) is 38.5 Å². The molecule has 0 bridgehead atoms. The monoisotopic (exact) mass is 290 g/mol. The molecule has 2 rings (SSSR count). The molecule has 0 heterocycles. The number of nitrogens with two attached hydrogens (primary N) is 1. The predicted octanol–water partition coefficient (Wildman–Crippen LogP) is 3.66. The molecule has 1 aromatic carbocycles. The Bertz CT molecular complexity index is 441. The molecule has 0 saturated heterocycles. The molecule has 2 N–H and O–H groups in total. The fourth-order valence-electron chi connectivity index (χ4n) is 3.48. The number of methoxy groups -OCH3 is 1. The van der Waals surface area contributed by atoms with Gasteiger partial charge in [-0.05, 0) is 32.4 Å². The van der Waals surface area contributed by atoms with E-state index in [-0.39, 0.29) is 6.04 Å². The van der Waals surface area contributed by atoms with Gasteiger partial charge in [-0.15, -0.1) is 0 Å². The number of aryl methyl sites for hydroxylation is 1. The minimum atomic E-state index is 0.0155. The molecule has 0 spiro atoms. The summed E-state index contributed by atoms with van der Waals surface area (Å²) < 4.78 is 5.48. The average Bonchev–Trinajstić information content (AvgIpc) is 2.53. The van der Waals surface area contributed by atoms with Gasteiger partial charge in [-0.3, -0.25) is 4.90 Å². The van der Waals surface area contributed by atoms with Gasteiger partial charge in [0.2, 0.25) is 0 Å². The van der Waals surface area contributed by atoms with Crippen LogP contribution in [0.15, 0.2) is 18.2 Å². The minimum Gasteiger partial charge on any atom is -0.496 e. The number of rotatable bonds is 6. The van der Waals surface area contributed by atoms with Gasteiger partial charge in [0.25, 0.3) is 0 Å². The van der Waals surface area contributed by atoms with Gasteiger partial charge in [0.1, 0.15) is 5.75 Å². The molecule has 118 valence electrons. The van der Waals surface area contributed by atoms with E-state index in [4.69, 9.17) is 10.5 Å². The van der Waals surface area contributed by atoms with E-state index < -0.39 is 0 Å². The molecule has 0 radical (unpaired) electrons. The highest BCUT2D eigenvalue weighted by atomic mass is 16.5. The van der Waals surface area contributed by atoms with Gasteiger partial charge in [-0.25, -0.2) is 0 Å². The highest BCUT2D eigenvalue weighted by Gasteiger charge is 2.23. The predicted molar refractivity (Wildman–Crippen MR) is 88.8 cm³/mol. The molecular weight excluding hydrogens is 260 g/mol. The van der Waals surface area contributed by atoms with Crippen molar-refractivity contribution in [2.24, 2.45) is 5.73 Å². The summed E-state index contributed by atoms with van der Waals surface area (Å²) in [5, 5.41) is 0. The Morgan fingerprint density at radius 1 is 1.29 bits per heavy atom. The zero-order chi connectivity index (χ0) is 15.2. The first-order valence-electron chi connectivity index (χ1n) is 8.29. The van der Waals surface area contributed by atoms with E-state index in [1.54, 1.807) is 7.11 Å². The molecular formula is C18H30N2O. The molecule has 3 nitrogen and oxygen atoms in total. The Morgan fingerprint density at radius 3 is 2.62 bits per heavy atom.